The number of hydrogen-bond donors (Lipinski definition) is 0. The smallest absolute Gasteiger partial charge is 0.252 e. The second-order valence-electron chi connectivity index (χ2n) is 28.7. The van der Waals surface area contributed by atoms with Crippen LogP contribution in [0.25, 0.3) is 82.8 Å². The first-order valence-corrected chi connectivity index (χ1v) is 31.1. The fourth-order valence-corrected chi connectivity index (χ4v) is 13.9. The molecule has 0 amide bonds. The van der Waals surface area contributed by atoms with Crippen molar-refractivity contribution in [3.05, 3.63) is 253 Å². The van der Waals surface area contributed by atoms with Gasteiger partial charge in [0, 0.05) is 61.4 Å². The second kappa shape index (κ2) is 19.6. The third-order valence-electron chi connectivity index (χ3n) is 18.8. The summed E-state index contributed by atoms with van der Waals surface area (Å²) in [7, 11) is 0. The lowest BCUT2D eigenvalue weighted by Gasteiger charge is -2.45. The van der Waals surface area contributed by atoms with Crippen LogP contribution in [0.5, 0.6) is 0 Å². The molecule has 4 heterocycles. The number of hydrogen-bond acceptors (Lipinski definition) is 3. The number of nitrogens with zero attached hydrogens (tertiary/aromatic N) is 3. The van der Waals surface area contributed by atoms with Crippen LogP contribution in [0.4, 0.5) is 34.1 Å². The maximum atomic E-state index is 6.48. The van der Waals surface area contributed by atoms with Gasteiger partial charge in [0.1, 0.15) is 11.2 Å². The van der Waals surface area contributed by atoms with Crippen molar-refractivity contribution < 1.29 is 4.42 Å². The summed E-state index contributed by atoms with van der Waals surface area (Å²) in [5, 5.41) is 4.70. The first kappa shape index (κ1) is 54.3. The Morgan fingerprint density at radius 3 is 1.46 bits per heavy atom. The number of benzene rings is 11. The van der Waals surface area contributed by atoms with Gasteiger partial charge in [-0.05, 0) is 191 Å². The summed E-state index contributed by atoms with van der Waals surface area (Å²) in [4.78, 5) is 5.16. The molecule has 2 aromatic heterocycles. The molecule has 0 N–H and O–H groups in total. The lowest BCUT2D eigenvalue weighted by Crippen LogP contribution is -2.61. The molecule has 0 spiro atoms. The minimum atomic E-state index is -0.0893. The van der Waals surface area contributed by atoms with E-state index in [2.05, 4.69) is 328 Å². The highest BCUT2D eigenvalue weighted by Crippen LogP contribution is 2.49. The summed E-state index contributed by atoms with van der Waals surface area (Å²) in [6.45, 7) is 27.8. The van der Waals surface area contributed by atoms with Gasteiger partial charge < -0.3 is 18.8 Å². The van der Waals surface area contributed by atoms with Crippen molar-refractivity contribution in [1.82, 2.24) is 4.57 Å². The Morgan fingerprint density at radius 2 is 0.782 bits per heavy atom. The van der Waals surface area contributed by atoms with Crippen LogP contribution in [0.15, 0.2) is 235 Å². The van der Waals surface area contributed by atoms with Crippen LogP contribution in [0.1, 0.15) is 105 Å². The number of rotatable bonds is 6. The Labute approximate surface area is 513 Å². The van der Waals surface area contributed by atoms with Crippen LogP contribution in [-0.4, -0.2) is 11.3 Å². The van der Waals surface area contributed by atoms with Gasteiger partial charge in [0.25, 0.3) is 6.71 Å². The highest BCUT2D eigenvalue weighted by molar-refractivity contribution is 7.00. The number of aromatic nitrogens is 1. The van der Waals surface area contributed by atoms with Gasteiger partial charge in [0.15, 0.2) is 0 Å². The molecule has 0 bridgehead atoms. The zero-order valence-electron chi connectivity index (χ0n) is 52.3. The van der Waals surface area contributed by atoms with Crippen molar-refractivity contribution in [2.75, 3.05) is 9.80 Å². The van der Waals surface area contributed by atoms with Crippen molar-refractivity contribution in [3.8, 4) is 39.1 Å². The quantitative estimate of drug-likeness (QED) is 0.155. The third kappa shape index (κ3) is 9.11. The van der Waals surface area contributed by atoms with Gasteiger partial charge in [0.2, 0.25) is 0 Å². The number of fused-ring (bicyclic) bond motifs is 10. The van der Waals surface area contributed by atoms with E-state index >= 15 is 0 Å². The van der Waals surface area contributed by atoms with E-state index in [4.69, 9.17) is 4.42 Å². The lowest BCUT2D eigenvalue weighted by molar-refractivity contribution is 0.569. The van der Waals surface area contributed by atoms with Gasteiger partial charge in [-0.3, -0.25) is 0 Å². The van der Waals surface area contributed by atoms with Crippen molar-refractivity contribution in [2.24, 2.45) is 0 Å². The van der Waals surface area contributed by atoms with Gasteiger partial charge in [-0.1, -0.05) is 217 Å². The monoisotopic (exact) mass is 1130 g/mol. The van der Waals surface area contributed by atoms with Crippen molar-refractivity contribution in [1.29, 1.82) is 0 Å². The molecule has 0 fully saturated rings. The summed E-state index contributed by atoms with van der Waals surface area (Å²) >= 11 is 0. The molecule has 4 nitrogen and oxygen atoms in total. The van der Waals surface area contributed by atoms with Crippen LogP contribution >= 0.6 is 0 Å². The maximum Gasteiger partial charge on any atom is 0.252 e. The Kier molecular flexibility index (Phi) is 12.2. The Balaban J connectivity index is 1.01. The van der Waals surface area contributed by atoms with Gasteiger partial charge in [-0.25, -0.2) is 0 Å². The molecular formula is C82H74BN3O. The average molecular weight is 1130 g/mol. The van der Waals surface area contributed by atoms with Crippen molar-refractivity contribution in [2.45, 2.75) is 105 Å². The maximum absolute atomic E-state index is 6.48. The zero-order valence-corrected chi connectivity index (χ0v) is 52.3. The summed E-state index contributed by atoms with van der Waals surface area (Å²) in [5.41, 5.74) is 28.4. The first-order valence-electron chi connectivity index (χ1n) is 31.1. The highest BCUT2D eigenvalue weighted by Gasteiger charge is 2.44. The van der Waals surface area contributed by atoms with Gasteiger partial charge in [0.05, 0.1) is 11.0 Å². The molecule has 15 rings (SSSR count). The molecule has 0 aliphatic carbocycles. The molecule has 11 aromatic carbocycles. The number of para-hydroxylation sites is 3. The topological polar surface area (TPSA) is 24.6 Å². The molecule has 0 radical (unpaired) electrons. The van der Waals surface area contributed by atoms with Crippen LogP contribution in [0.3, 0.4) is 0 Å². The van der Waals surface area contributed by atoms with E-state index < -0.39 is 0 Å². The third-order valence-corrected chi connectivity index (χ3v) is 18.8. The Hall–Kier alpha value is -9.32. The Morgan fingerprint density at radius 1 is 0.287 bits per heavy atom. The summed E-state index contributed by atoms with van der Waals surface area (Å²) < 4.78 is 8.89. The van der Waals surface area contributed by atoms with E-state index in [1.807, 2.05) is 0 Å². The summed E-state index contributed by atoms with van der Waals surface area (Å²) in [6, 6.07) is 87.6. The number of furan rings is 1. The van der Waals surface area contributed by atoms with Crippen molar-refractivity contribution >= 4 is 101 Å². The molecule has 426 valence electrons. The fraction of sp³-hybridized carbons (Fsp3) is 0.195. The predicted molar refractivity (Wildman–Crippen MR) is 373 cm³/mol. The van der Waals surface area contributed by atoms with Crippen LogP contribution < -0.4 is 26.2 Å². The molecule has 87 heavy (non-hydrogen) atoms. The van der Waals surface area contributed by atoms with Crippen LogP contribution in [-0.2, 0) is 21.7 Å². The molecule has 0 saturated carbocycles. The fourth-order valence-electron chi connectivity index (χ4n) is 13.9. The second-order valence-corrected chi connectivity index (χ2v) is 28.7. The minimum Gasteiger partial charge on any atom is -0.456 e. The molecule has 2 aliphatic rings. The van der Waals surface area contributed by atoms with E-state index in [-0.39, 0.29) is 28.4 Å². The van der Waals surface area contributed by atoms with Gasteiger partial charge >= 0.3 is 0 Å². The average Bonchev–Trinajstić information content (AvgIpc) is 1.35. The Bertz CT molecular complexity index is 4870. The highest BCUT2D eigenvalue weighted by atomic mass is 16.3. The molecule has 0 atom stereocenters. The van der Waals surface area contributed by atoms with E-state index in [9.17, 15) is 0 Å². The normalized spacial score (nSPS) is 13.4. The van der Waals surface area contributed by atoms with Crippen molar-refractivity contribution in [3.63, 3.8) is 0 Å². The van der Waals surface area contributed by atoms with Crippen LogP contribution in [0.2, 0.25) is 0 Å². The van der Waals surface area contributed by atoms with E-state index in [1.54, 1.807) is 0 Å². The summed E-state index contributed by atoms with van der Waals surface area (Å²) in [5.74, 6) is 0. The van der Waals surface area contributed by atoms with E-state index in [0.29, 0.717) is 0 Å². The minimum absolute atomic E-state index is 0.00426. The molecule has 5 heteroatoms. The van der Waals surface area contributed by atoms with E-state index in [1.165, 1.54) is 99.8 Å². The first-order chi connectivity index (χ1) is 41.6. The predicted octanol–water partition coefficient (Wildman–Crippen LogP) is 21.0. The standard InChI is InChI=1S/C82H74BN3O/c1-79(2,3)57-31-36-63(37-32-57)85-72-40-33-58(80(4,5)6)50-69(72)83-68-38-28-54(52-29-39-71-66(44-52)64-22-16-18-24-70(64)84(71)61-20-14-13-15-21-61)46-73(68)86(62-34-26-51(27-35-62)55-42-59(81(7,8)9)49-60(43-55)82(10,11)12)75-48-56(47-74(85)78(75)83)53-30-41-77-67(45-53)65-23-17-19-25-76(65)87-77/h13-50H,1-12H3. The van der Waals surface area contributed by atoms with E-state index in [0.717, 1.165) is 55.8 Å². The SMILES string of the molecule is CC(C)(C)c1ccc(N2c3ccc(C(C)(C)C)cc3B3c4ccc(-c5ccc6c(c5)c5ccccc5n6-c5ccccc5)cc4N(c4ccc(-c5cc(C(C)(C)C)cc(C(C)(C)C)c5)cc4)c4cc(-c5ccc6oc7ccccc7c6c5)cc2c43)cc1. The molecule has 0 unspecified atom stereocenters. The van der Waals surface area contributed by atoms with Gasteiger partial charge in [-0.2, -0.15) is 0 Å². The summed E-state index contributed by atoms with van der Waals surface area (Å²) in [6.07, 6.45) is 0. The number of anilines is 6. The molecule has 0 saturated heterocycles. The zero-order chi connectivity index (χ0) is 60.1. The lowest BCUT2D eigenvalue weighted by atomic mass is 9.33. The van der Waals surface area contributed by atoms with Crippen LogP contribution in [0, 0.1) is 0 Å². The molecular weight excluding hydrogens is 1050 g/mol. The molecule has 13 aromatic rings. The van der Waals surface area contributed by atoms with Gasteiger partial charge in [-0.15, -0.1) is 0 Å². The molecule has 2 aliphatic heterocycles. The largest absolute Gasteiger partial charge is 0.456 e.